The minimum atomic E-state index is 0.413. The van der Waals surface area contributed by atoms with Crippen LogP contribution in [0.15, 0.2) is 36.4 Å². The van der Waals surface area contributed by atoms with Crippen molar-refractivity contribution in [1.82, 2.24) is 10.2 Å². The number of nitrogens with one attached hydrogen (secondary N) is 1. The number of nitrogens with zero attached hydrogens (tertiary/aromatic N) is 1. The van der Waals surface area contributed by atoms with Crippen molar-refractivity contribution in [1.29, 1.82) is 0 Å². The Hall–Kier alpha value is -1.16. The molecule has 0 radical (unpaired) electrons. The number of hydrogen-bond donors (Lipinski definition) is 1. The lowest BCUT2D eigenvalue weighted by Gasteiger charge is -2.34. The summed E-state index contributed by atoms with van der Waals surface area (Å²) < 4.78 is 0. The van der Waals surface area contributed by atoms with Gasteiger partial charge in [-0.1, -0.05) is 29.8 Å². The Morgan fingerprint density at radius 3 is 2.30 bits per heavy atom. The largest absolute Gasteiger partial charge is 0.314 e. The Labute approximate surface area is 125 Å². The minimum absolute atomic E-state index is 0.413. The maximum absolute atomic E-state index is 3.45. The Balaban J connectivity index is 1.95. The van der Waals surface area contributed by atoms with Gasteiger partial charge in [0.2, 0.25) is 0 Å². The zero-order valence-corrected chi connectivity index (χ0v) is 13.0. The molecule has 1 aromatic heterocycles. The summed E-state index contributed by atoms with van der Waals surface area (Å²) in [4.78, 5) is 5.47. The average molecular weight is 286 g/mol. The third-order valence-electron chi connectivity index (χ3n) is 3.94. The molecule has 2 heterocycles. The van der Waals surface area contributed by atoms with Gasteiger partial charge in [0.1, 0.15) is 0 Å². The molecule has 0 amide bonds. The topological polar surface area (TPSA) is 15.3 Å². The van der Waals surface area contributed by atoms with Crippen molar-refractivity contribution in [3.63, 3.8) is 0 Å². The molecule has 1 aliphatic heterocycles. The summed E-state index contributed by atoms with van der Waals surface area (Å²) in [5.41, 5.74) is 2.74. The van der Waals surface area contributed by atoms with Gasteiger partial charge in [-0.15, -0.1) is 11.3 Å². The number of piperazine rings is 1. The van der Waals surface area contributed by atoms with Crippen molar-refractivity contribution >= 4 is 11.3 Å². The quantitative estimate of drug-likeness (QED) is 0.931. The van der Waals surface area contributed by atoms with Gasteiger partial charge in [-0.3, -0.25) is 4.90 Å². The summed E-state index contributed by atoms with van der Waals surface area (Å²) in [5, 5.41) is 3.45. The van der Waals surface area contributed by atoms with Gasteiger partial charge in [-0.05, 0) is 31.5 Å². The van der Waals surface area contributed by atoms with Crippen molar-refractivity contribution in [3.8, 4) is 0 Å². The molecule has 1 aliphatic rings. The molecule has 0 spiro atoms. The summed E-state index contributed by atoms with van der Waals surface area (Å²) in [6.45, 7) is 8.77. The third-order valence-corrected chi connectivity index (χ3v) is 4.99. The molecule has 2 nitrogen and oxygen atoms in total. The fraction of sp³-hybridized carbons (Fsp3) is 0.412. The summed E-state index contributed by atoms with van der Waals surface area (Å²) >= 11 is 1.93. The number of benzene rings is 1. The van der Waals surface area contributed by atoms with Crippen LogP contribution in [0.1, 0.15) is 26.9 Å². The lowest BCUT2D eigenvalue weighted by atomic mass is 10.0. The molecule has 1 fully saturated rings. The first kappa shape index (κ1) is 13.8. The first-order valence-corrected chi connectivity index (χ1v) is 8.13. The van der Waals surface area contributed by atoms with E-state index in [9.17, 15) is 0 Å². The van der Waals surface area contributed by atoms with Gasteiger partial charge in [0.15, 0.2) is 0 Å². The van der Waals surface area contributed by atoms with Crippen molar-refractivity contribution < 1.29 is 0 Å². The molecule has 1 unspecified atom stereocenters. The van der Waals surface area contributed by atoms with Crippen LogP contribution in [0, 0.1) is 13.8 Å². The fourth-order valence-corrected chi connectivity index (χ4v) is 3.89. The molecular weight excluding hydrogens is 264 g/mol. The second-order valence-corrected chi connectivity index (χ2v) is 6.87. The van der Waals surface area contributed by atoms with Crippen LogP contribution in [0.5, 0.6) is 0 Å². The van der Waals surface area contributed by atoms with Gasteiger partial charge in [0, 0.05) is 35.9 Å². The van der Waals surface area contributed by atoms with E-state index < -0.39 is 0 Å². The molecule has 3 heteroatoms. The molecule has 1 atom stereocenters. The zero-order chi connectivity index (χ0) is 13.9. The number of hydrogen-bond acceptors (Lipinski definition) is 3. The molecule has 106 valence electrons. The fourth-order valence-electron chi connectivity index (χ4n) is 2.84. The van der Waals surface area contributed by atoms with Crippen molar-refractivity contribution in [3.05, 3.63) is 57.3 Å². The van der Waals surface area contributed by atoms with E-state index in [-0.39, 0.29) is 0 Å². The summed E-state index contributed by atoms with van der Waals surface area (Å²) in [5.74, 6) is 0. The number of thiophene rings is 1. The van der Waals surface area contributed by atoms with E-state index in [0.717, 1.165) is 26.2 Å². The first-order valence-electron chi connectivity index (χ1n) is 7.32. The van der Waals surface area contributed by atoms with Crippen LogP contribution in [0.3, 0.4) is 0 Å². The van der Waals surface area contributed by atoms with Gasteiger partial charge >= 0.3 is 0 Å². The smallest absolute Gasteiger partial charge is 0.0697 e. The lowest BCUT2D eigenvalue weighted by Crippen LogP contribution is -2.45. The van der Waals surface area contributed by atoms with E-state index >= 15 is 0 Å². The molecular formula is C17H22N2S. The monoisotopic (exact) mass is 286 g/mol. The Kier molecular flexibility index (Phi) is 4.20. The number of rotatable bonds is 3. The van der Waals surface area contributed by atoms with Gasteiger partial charge in [-0.25, -0.2) is 0 Å². The Morgan fingerprint density at radius 1 is 1.00 bits per heavy atom. The van der Waals surface area contributed by atoms with Crippen LogP contribution in [-0.2, 0) is 0 Å². The molecule has 1 aromatic carbocycles. The minimum Gasteiger partial charge on any atom is -0.314 e. The van der Waals surface area contributed by atoms with E-state index in [1.807, 2.05) is 11.3 Å². The van der Waals surface area contributed by atoms with Gasteiger partial charge < -0.3 is 5.32 Å². The zero-order valence-electron chi connectivity index (χ0n) is 12.2. The van der Waals surface area contributed by atoms with Crippen LogP contribution in [0.2, 0.25) is 0 Å². The van der Waals surface area contributed by atoms with Gasteiger partial charge in [0.25, 0.3) is 0 Å². The highest BCUT2D eigenvalue weighted by molar-refractivity contribution is 7.12. The molecule has 0 bridgehead atoms. The first-order chi connectivity index (χ1) is 9.74. The van der Waals surface area contributed by atoms with E-state index in [1.165, 1.54) is 20.9 Å². The summed E-state index contributed by atoms with van der Waals surface area (Å²) in [7, 11) is 0. The standard InChI is InChI=1S/C17H22N2S/c1-13-3-6-15(7-4-13)17(16-8-5-14(2)20-16)19-11-9-18-10-12-19/h3-8,17-18H,9-12H2,1-2H3. The maximum atomic E-state index is 3.45. The third kappa shape index (κ3) is 2.95. The average Bonchev–Trinajstić information content (AvgIpc) is 2.89. The van der Waals surface area contributed by atoms with E-state index in [0.29, 0.717) is 6.04 Å². The molecule has 1 N–H and O–H groups in total. The van der Waals surface area contributed by atoms with E-state index in [2.05, 4.69) is 60.5 Å². The van der Waals surface area contributed by atoms with Gasteiger partial charge in [-0.2, -0.15) is 0 Å². The van der Waals surface area contributed by atoms with Crippen LogP contribution in [-0.4, -0.2) is 31.1 Å². The van der Waals surface area contributed by atoms with Crippen LogP contribution < -0.4 is 5.32 Å². The number of aryl methyl sites for hydroxylation is 2. The van der Waals surface area contributed by atoms with Crippen LogP contribution in [0.25, 0.3) is 0 Å². The summed E-state index contributed by atoms with van der Waals surface area (Å²) in [6.07, 6.45) is 0. The summed E-state index contributed by atoms with van der Waals surface area (Å²) in [6, 6.07) is 14.0. The predicted octanol–water partition coefficient (Wildman–Crippen LogP) is 3.36. The highest BCUT2D eigenvalue weighted by Crippen LogP contribution is 2.33. The molecule has 20 heavy (non-hydrogen) atoms. The SMILES string of the molecule is Cc1ccc(C(c2ccc(C)s2)N2CCNCC2)cc1. The van der Waals surface area contributed by atoms with Crippen molar-refractivity contribution in [2.75, 3.05) is 26.2 Å². The van der Waals surface area contributed by atoms with E-state index in [4.69, 9.17) is 0 Å². The second kappa shape index (κ2) is 6.08. The highest BCUT2D eigenvalue weighted by atomic mass is 32.1. The maximum Gasteiger partial charge on any atom is 0.0697 e. The van der Waals surface area contributed by atoms with Crippen LogP contribution in [0.4, 0.5) is 0 Å². The highest BCUT2D eigenvalue weighted by Gasteiger charge is 2.24. The lowest BCUT2D eigenvalue weighted by molar-refractivity contribution is 0.200. The second-order valence-electron chi connectivity index (χ2n) is 5.55. The molecule has 0 aliphatic carbocycles. The van der Waals surface area contributed by atoms with Crippen LogP contribution >= 0.6 is 11.3 Å². The van der Waals surface area contributed by atoms with Crippen molar-refractivity contribution in [2.24, 2.45) is 0 Å². The Bertz CT molecular complexity index is 553. The van der Waals surface area contributed by atoms with Crippen molar-refractivity contribution in [2.45, 2.75) is 19.9 Å². The molecule has 1 saturated heterocycles. The molecule has 2 aromatic rings. The van der Waals surface area contributed by atoms with Gasteiger partial charge in [0.05, 0.1) is 6.04 Å². The Morgan fingerprint density at radius 2 is 1.70 bits per heavy atom. The predicted molar refractivity (Wildman–Crippen MR) is 86.5 cm³/mol. The van der Waals surface area contributed by atoms with E-state index in [1.54, 1.807) is 0 Å². The molecule has 3 rings (SSSR count). The molecule has 0 saturated carbocycles. The normalized spacial score (nSPS) is 18.1.